The largest absolute Gasteiger partial charge is 0.335 e. The van der Waals surface area contributed by atoms with Crippen molar-refractivity contribution in [2.24, 2.45) is 0 Å². The van der Waals surface area contributed by atoms with Crippen molar-refractivity contribution < 1.29 is 4.79 Å². The molecule has 0 aliphatic rings. The molecule has 0 radical (unpaired) electrons. The van der Waals surface area contributed by atoms with Crippen LogP contribution < -0.4 is 0 Å². The van der Waals surface area contributed by atoms with Gasteiger partial charge in [0.25, 0.3) is 0 Å². The summed E-state index contributed by atoms with van der Waals surface area (Å²) in [6.07, 6.45) is 7.97. The van der Waals surface area contributed by atoms with Gasteiger partial charge in [0.2, 0.25) is 5.91 Å². The van der Waals surface area contributed by atoms with Crippen LogP contribution in [0.3, 0.4) is 0 Å². The molecule has 2 heteroatoms. The summed E-state index contributed by atoms with van der Waals surface area (Å²) in [7, 11) is 1.70. The number of carbonyl (C=O) groups is 1. The van der Waals surface area contributed by atoms with Crippen LogP contribution >= 0.6 is 0 Å². The Hall–Kier alpha value is -1.23. The summed E-state index contributed by atoms with van der Waals surface area (Å²) in [6.45, 7) is 3.91. The van der Waals surface area contributed by atoms with Crippen molar-refractivity contribution in [1.29, 1.82) is 0 Å². The molecule has 0 aromatic rings. The van der Waals surface area contributed by atoms with Crippen LogP contribution in [0, 0.1) is 12.3 Å². The third-order valence-corrected chi connectivity index (χ3v) is 1.32. The van der Waals surface area contributed by atoms with Gasteiger partial charge in [0.1, 0.15) is 0 Å². The van der Waals surface area contributed by atoms with Gasteiger partial charge in [0, 0.05) is 13.5 Å². The van der Waals surface area contributed by atoms with Gasteiger partial charge in [0.15, 0.2) is 0 Å². The average Bonchev–Trinajstić information content (AvgIpc) is 2.00. The van der Waals surface area contributed by atoms with Gasteiger partial charge in [-0.15, -0.1) is 13.0 Å². The van der Waals surface area contributed by atoms with Crippen LogP contribution in [-0.2, 0) is 4.79 Å². The van der Waals surface area contributed by atoms with Crippen LogP contribution in [0.15, 0.2) is 12.7 Å². The Kier molecular flexibility index (Phi) is 4.93. The Labute approximate surface area is 67.9 Å². The minimum Gasteiger partial charge on any atom is -0.335 e. The highest BCUT2D eigenvalue weighted by Gasteiger charge is 2.04. The first-order valence-corrected chi connectivity index (χ1v) is 3.50. The lowest BCUT2D eigenvalue weighted by atomic mass is 10.3. The number of allylic oxidation sites excluding steroid dienone is 1. The van der Waals surface area contributed by atoms with Crippen molar-refractivity contribution in [2.75, 3.05) is 13.6 Å². The third kappa shape index (κ3) is 4.21. The number of terminal acetylenes is 1. The number of hydrogen-bond acceptors (Lipinski definition) is 1. The molecule has 0 aliphatic heterocycles. The summed E-state index contributed by atoms with van der Waals surface area (Å²) in [5.74, 6) is 2.48. The van der Waals surface area contributed by atoms with Crippen LogP contribution in [0.1, 0.15) is 12.8 Å². The quantitative estimate of drug-likeness (QED) is 0.434. The second kappa shape index (κ2) is 5.55. The fraction of sp³-hybridized carbons (Fsp3) is 0.444. The lowest BCUT2D eigenvalue weighted by molar-refractivity contribution is -0.129. The second-order valence-electron chi connectivity index (χ2n) is 2.28. The molecule has 60 valence electrons. The van der Waals surface area contributed by atoms with Crippen molar-refractivity contribution in [3.63, 3.8) is 0 Å². The summed E-state index contributed by atoms with van der Waals surface area (Å²) in [4.78, 5) is 12.6. The van der Waals surface area contributed by atoms with E-state index in [0.717, 1.165) is 0 Å². The van der Waals surface area contributed by atoms with Gasteiger partial charge in [-0.1, -0.05) is 12.0 Å². The van der Waals surface area contributed by atoms with Crippen molar-refractivity contribution in [1.82, 2.24) is 4.90 Å². The van der Waals surface area contributed by atoms with Crippen molar-refractivity contribution in [3.05, 3.63) is 12.7 Å². The average molecular weight is 151 g/mol. The SMILES string of the molecule is C#CCN(C)C(=O)CCC=C. The summed E-state index contributed by atoms with van der Waals surface area (Å²) in [5, 5.41) is 0. The van der Waals surface area contributed by atoms with Gasteiger partial charge in [0.05, 0.1) is 6.54 Å². The number of rotatable bonds is 4. The molecule has 0 N–H and O–H groups in total. The van der Waals surface area contributed by atoms with Crippen molar-refractivity contribution in [2.45, 2.75) is 12.8 Å². The maximum atomic E-state index is 11.1. The van der Waals surface area contributed by atoms with Gasteiger partial charge in [-0.2, -0.15) is 0 Å². The zero-order valence-electron chi connectivity index (χ0n) is 6.84. The van der Waals surface area contributed by atoms with E-state index in [4.69, 9.17) is 6.42 Å². The van der Waals surface area contributed by atoms with E-state index in [-0.39, 0.29) is 5.91 Å². The van der Waals surface area contributed by atoms with E-state index in [9.17, 15) is 4.79 Å². The van der Waals surface area contributed by atoms with E-state index in [1.807, 2.05) is 0 Å². The van der Waals surface area contributed by atoms with Crippen LogP contribution in [0.4, 0.5) is 0 Å². The normalized spacial score (nSPS) is 8.36. The molecule has 0 fully saturated rings. The number of nitrogens with zero attached hydrogens (tertiary/aromatic N) is 1. The molecular formula is C9H13NO. The number of carbonyl (C=O) groups excluding carboxylic acids is 1. The van der Waals surface area contributed by atoms with Crippen molar-refractivity contribution >= 4 is 5.91 Å². The maximum Gasteiger partial charge on any atom is 0.223 e. The summed E-state index contributed by atoms with van der Waals surface area (Å²) in [5.41, 5.74) is 0. The fourth-order valence-corrected chi connectivity index (χ4v) is 0.642. The minimum atomic E-state index is 0.0721. The highest BCUT2D eigenvalue weighted by molar-refractivity contribution is 5.76. The van der Waals surface area contributed by atoms with Crippen LogP contribution in [0.25, 0.3) is 0 Å². The Morgan fingerprint density at radius 3 is 2.91 bits per heavy atom. The van der Waals surface area contributed by atoms with Gasteiger partial charge >= 0.3 is 0 Å². The smallest absolute Gasteiger partial charge is 0.223 e. The van der Waals surface area contributed by atoms with Crippen LogP contribution in [0.2, 0.25) is 0 Å². The predicted octanol–water partition coefficient (Wildman–Crippen LogP) is 1.04. The highest BCUT2D eigenvalue weighted by atomic mass is 16.2. The molecule has 0 unspecified atom stereocenters. The van der Waals surface area contributed by atoms with E-state index < -0.39 is 0 Å². The zero-order chi connectivity index (χ0) is 8.69. The molecule has 2 nitrogen and oxygen atoms in total. The van der Waals surface area contributed by atoms with Gasteiger partial charge in [-0.25, -0.2) is 0 Å². The zero-order valence-corrected chi connectivity index (χ0v) is 6.84. The standard InChI is InChI=1S/C9H13NO/c1-4-6-7-9(11)10(3)8-5-2/h2,4H,1,6-8H2,3H3. The van der Waals surface area contributed by atoms with E-state index >= 15 is 0 Å². The Balaban J connectivity index is 3.65. The second-order valence-corrected chi connectivity index (χ2v) is 2.28. The first-order valence-electron chi connectivity index (χ1n) is 3.50. The Morgan fingerprint density at radius 1 is 1.82 bits per heavy atom. The molecule has 0 aliphatic carbocycles. The molecule has 0 heterocycles. The predicted molar refractivity (Wildman–Crippen MR) is 45.9 cm³/mol. The fourth-order valence-electron chi connectivity index (χ4n) is 0.642. The molecule has 0 saturated carbocycles. The highest BCUT2D eigenvalue weighted by Crippen LogP contribution is 1.94. The number of hydrogen-bond donors (Lipinski definition) is 0. The van der Waals surface area contributed by atoms with Gasteiger partial charge < -0.3 is 4.90 Å². The first kappa shape index (κ1) is 9.77. The van der Waals surface area contributed by atoms with E-state index in [1.165, 1.54) is 4.90 Å². The van der Waals surface area contributed by atoms with E-state index in [2.05, 4.69) is 12.5 Å². The van der Waals surface area contributed by atoms with E-state index in [0.29, 0.717) is 19.4 Å². The lowest BCUT2D eigenvalue weighted by Gasteiger charge is -2.12. The first-order chi connectivity index (χ1) is 5.22. The molecule has 0 aromatic heterocycles. The van der Waals surface area contributed by atoms with Crippen LogP contribution in [0.5, 0.6) is 0 Å². The topological polar surface area (TPSA) is 20.3 Å². The monoisotopic (exact) mass is 151 g/mol. The lowest BCUT2D eigenvalue weighted by Crippen LogP contribution is -2.26. The Morgan fingerprint density at radius 2 is 2.45 bits per heavy atom. The molecule has 11 heavy (non-hydrogen) atoms. The molecule has 0 rings (SSSR count). The van der Waals surface area contributed by atoms with Gasteiger partial charge in [-0.05, 0) is 6.42 Å². The minimum absolute atomic E-state index is 0.0721. The molecule has 0 spiro atoms. The Bertz CT molecular complexity index is 178. The third-order valence-electron chi connectivity index (χ3n) is 1.32. The van der Waals surface area contributed by atoms with Crippen LogP contribution in [-0.4, -0.2) is 24.4 Å². The van der Waals surface area contributed by atoms with E-state index in [1.54, 1.807) is 13.1 Å². The maximum absolute atomic E-state index is 11.1. The molecular weight excluding hydrogens is 138 g/mol. The van der Waals surface area contributed by atoms with Gasteiger partial charge in [-0.3, -0.25) is 4.79 Å². The molecule has 0 saturated heterocycles. The summed E-state index contributed by atoms with van der Waals surface area (Å²) >= 11 is 0. The summed E-state index contributed by atoms with van der Waals surface area (Å²) in [6, 6.07) is 0. The number of amides is 1. The molecule has 1 amide bonds. The summed E-state index contributed by atoms with van der Waals surface area (Å²) < 4.78 is 0. The molecule has 0 aromatic carbocycles. The molecule has 0 atom stereocenters. The molecule has 0 bridgehead atoms. The van der Waals surface area contributed by atoms with Crippen molar-refractivity contribution in [3.8, 4) is 12.3 Å².